The van der Waals surface area contributed by atoms with Gasteiger partial charge in [0.05, 0.1) is 24.7 Å². The van der Waals surface area contributed by atoms with Gasteiger partial charge >= 0.3 is 0 Å². The number of rotatable bonds is 5. The maximum atomic E-state index is 12.4. The highest BCUT2D eigenvalue weighted by molar-refractivity contribution is 5.85. The number of fused-ring (bicyclic) bond motifs is 1. The first-order valence-electron chi connectivity index (χ1n) is 10.4. The van der Waals surface area contributed by atoms with E-state index in [-0.39, 0.29) is 12.2 Å². The van der Waals surface area contributed by atoms with Crippen molar-refractivity contribution in [1.82, 2.24) is 24.6 Å². The van der Waals surface area contributed by atoms with Crippen LogP contribution in [0.4, 0.5) is 0 Å². The fraction of sp³-hybridized carbons (Fsp3) is 0.400. The van der Waals surface area contributed by atoms with Gasteiger partial charge in [0, 0.05) is 34.4 Å². The lowest BCUT2D eigenvalue weighted by Crippen LogP contribution is -2.35. The summed E-state index contributed by atoms with van der Waals surface area (Å²) in [7, 11) is 0. The molecule has 1 fully saturated rings. The van der Waals surface area contributed by atoms with Crippen LogP contribution in [0.1, 0.15) is 29.2 Å². The second kappa shape index (κ2) is 7.33. The van der Waals surface area contributed by atoms with E-state index in [1.165, 1.54) is 18.8 Å². The Balaban J connectivity index is 1.52. The zero-order valence-corrected chi connectivity index (χ0v) is 14.6. The average molecular weight is 352 g/mol. The molecule has 1 aliphatic heterocycles. The third-order valence-corrected chi connectivity index (χ3v) is 4.75. The highest BCUT2D eigenvalue weighted by Gasteiger charge is 2.15. The number of Topliss-reactive ketones (excluding diaryl/α,β-unsaturated/α-hetero) is 1. The maximum absolute atomic E-state index is 12.4. The Kier molecular flexibility index (Phi) is 3.83. The number of carbonyl (C=O) groups is 1. The van der Waals surface area contributed by atoms with E-state index < -0.39 is 6.98 Å². The first-order chi connectivity index (χ1) is 13.9. The number of aryl methyl sites for hydroxylation is 1. The lowest BCUT2D eigenvalue weighted by Gasteiger charge is -2.25. The van der Waals surface area contributed by atoms with Crippen LogP contribution in [0.5, 0.6) is 0 Å². The number of ketones is 1. The smallest absolute Gasteiger partial charge is 0.154 e. The van der Waals surface area contributed by atoms with Gasteiger partial charge in [-0.15, -0.1) is 0 Å². The first-order valence-corrected chi connectivity index (χ1v) is 8.94. The van der Waals surface area contributed by atoms with Gasteiger partial charge in [-0.1, -0.05) is 18.6 Å². The van der Waals surface area contributed by atoms with Crippen molar-refractivity contribution in [2.24, 2.45) is 6.98 Å². The second-order valence-corrected chi connectivity index (χ2v) is 6.79. The van der Waals surface area contributed by atoms with Crippen LogP contribution < -0.4 is 0 Å². The molecule has 0 spiro atoms. The Morgan fingerprint density at radius 3 is 2.88 bits per heavy atom. The van der Waals surface area contributed by atoms with E-state index >= 15 is 0 Å². The van der Waals surface area contributed by atoms with E-state index in [4.69, 9.17) is 4.11 Å². The van der Waals surface area contributed by atoms with Gasteiger partial charge in [-0.05, 0) is 37.6 Å². The fourth-order valence-corrected chi connectivity index (χ4v) is 3.40. The Labute approximate surface area is 157 Å². The summed E-state index contributed by atoms with van der Waals surface area (Å²) < 4.78 is 23.3. The molecule has 0 N–H and O–H groups in total. The molecule has 1 aromatic carbocycles. The summed E-state index contributed by atoms with van der Waals surface area (Å²) in [5.74, 6) is 0.635. The molecule has 0 atom stereocenters. The molecule has 6 nitrogen and oxygen atoms in total. The van der Waals surface area contributed by atoms with Crippen LogP contribution in [0.25, 0.3) is 22.0 Å². The van der Waals surface area contributed by atoms with Crippen molar-refractivity contribution in [3.05, 3.63) is 42.6 Å². The van der Waals surface area contributed by atoms with Gasteiger partial charge in [0.15, 0.2) is 5.78 Å². The summed E-state index contributed by atoms with van der Waals surface area (Å²) in [5, 5.41) is 4.79. The Morgan fingerprint density at radius 1 is 1.19 bits per heavy atom. The lowest BCUT2D eigenvalue weighted by atomic mass is 10.1. The van der Waals surface area contributed by atoms with Gasteiger partial charge in [0.1, 0.15) is 5.82 Å². The van der Waals surface area contributed by atoms with Crippen LogP contribution in [0.3, 0.4) is 0 Å². The van der Waals surface area contributed by atoms with Crippen molar-refractivity contribution in [3.8, 4) is 11.1 Å². The quantitative estimate of drug-likeness (QED) is 0.706. The van der Waals surface area contributed by atoms with Crippen LogP contribution in [0, 0.1) is 0 Å². The molecule has 0 saturated carbocycles. The van der Waals surface area contributed by atoms with E-state index in [1.54, 1.807) is 6.20 Å². The second-order valence-electron chi connectivity index (χ2n) is 6.79. The fourth-order valence-electron chi connectivity index (χ4n) is 3.40. The van der Waals surface area contributed by atoms with Gasteiger partial charge in [-0.2, -0.15) is 5.10 Å². The van der Waals surface area contributed by atoms with Crippen LogP contribution in [0.15, 0.2) is 36.8 Å². The van der Waals surface area contributed by atoms with Gasteiger partial charge in [-0.25, -0.2) is 9.97 Å². The molecule has 1 saturated heterocycles. The van der Waals surface area contributed by atoms with Crippen molar-refractivity contribution in [2.45, 2.75) is 25.7 Å². The minimum atomic E-state index is -2.31. The number of hydrogen-bond donors (Lipinski definition) is 0. The number of nitrogens with zero attached hydrogens (tertiary/aromatic N) is 5. The average Bonchev–Trinajstić information content (AvgIpc) is 3.19. The molecule has 0 aliphatic carbocycles. The highest BCUT2D eigenvalue weighted by atomic mass is 16.1. The summed E-state index contributed by atoms with van der Waals surface area (Å²) in [6, 6.07) is 5.64. The monoisotopic (exact) mass is 352 g/mol. The minimum absolute atomic E-state index is 0.126. The molecule has 134 valence electrons. The zero-order valence-electron chi connectivity index (χ0n) is 17.6. The molecule has 6 heteroatoms. The molecule has 2 aromatic heterocycles. The van der Waals surface area contributed by atoms with Crippen LogP contribution in [0.2, 0.25) is 0 Å². The van der Waals surface area contributed by atoms with E-state index in [0.29, 0.717) is 17.9 Å². The summed E-state index contributed by atoms with van der Waals surface area (Å²) in [4.78, 5) is 23.5. The SMILES string of the molecule is [2H]C([2H])([2H])n1cc(-c2ccc3cnc(CC(=O)CN4CCCCC4)nc3c2)cn1. The summed E-state index contributed by atoms with van der Waals surface area (Å²) in [5.41, 5.74) is 2.24. The molecule has 1 aliphatic rings. The van der Waals surface area contributed by atoms with E-state index in [0.717, 1.165) is 47.1 Å². The summed E-state index contributed by atoms with van der Waals surface area (Å²) in [6.07, 6.45) is 8.51. The third kappa shape index (κ3) is 3.80. The largest absolute Gasteiger partial charge is 0.298 e. The first kappa shape index (κ1) is 13.6. The molecule has 3 heterocycles. The van der Waals surface area contributed by atoms with E-state index in [2.05, 4.69) is 20.0 Å². The van der Waals surface area contributed by atoms with Crippen LogP contribution in [-0.4, -0.2) is 50.1 Å². The zero-order chi connectivity index (χ0) is 20.4. The van der Waals surface area contributed by atoms with Crippen molar-refractivity contribution >= 4 is 16.7 Å². The number of carbonyl (C=O) groups excluding carboxylic acids is 1. The minimum Gasteiger partial charge on any atom is -0.298 e. The van der Waals surface area contributed by atoms with Crippen molar-refractivity contribution in [2.75, 3.05) is 19.6 Å². The molecular weight excluding hydrogens is 326 g/mol. The third-order valence-electron chi connectivity index (χ3n) is 4.75. The molecule has 0 bridgehead atoms. The predicted molar refractivity (Wildman–Crippen MR) is 101 cm³/mol. The Hall–Kier alpha value is -2.60. The number of benzene rings is 1. The molecule has 4 rings (SSSR count). The predicted octanol–water partition coefficient (Wildman–Crippen LogP) is 2.63. The van der Waals surface area contributed by atoms with E-state index in [9.17, 15) is 4.79 Å². The van der Waals surface area contributed by atoms with Crippen molar-refractivity contribution in [3.63, 3.8) is 0 Å². The summed E-state index contributed by atoms with van der Waals surface area (Å²) in [6.45, 7) is 0.115. The molecule has 26 heavy (non-hydrogen) atoms. The number of aromatic nitrogens is 4. The molecule has 3 aromatic rings. The number of piperidine rings is 1. The summed E-state index contributed by atoms with van der Waals surface area (Å²) >= 11 is 0. The highest BCUT2D eigenvalue weighted by Crippen LogP contribution is 2.22. The number of hydrogen-bond acceptors (Lipinski definition) is 5. The number of likely N-dealkylation sites (tertiary alicyclic amines) is 1. The maximum Gasteiger partial charge on any atom is 0.154 e. The Bertz CT molecular complexity index is 1020. The molecule has 0 amide bonds. The van der Waals surface area contributed by atoms with Gasteiger partial charge in [-0.3, -0.25) is 14.4 Å². The molecule has 0 radical (unpaired) electrons. The molecule has 0 unspecified atom stereocenters. The van der Waals surface area contributed by atoms with Gasteiger partial charge in [0.2, 0.25) is 0 Å². The van der Waals surface area contributed by atoms with Gasteiger partial charge in [0.25, 0.3) is 0 Å². The van der Waals surface area contributed by atoms with Crippen molar-refractivity contribution < 1.29 is 8.91 Å². The standard InChI is InChI=1S/C20H23N5O/c1-24-13-17(12-22-24)15-5-6-16-11-21-20(23-19(16)9-15)10-18(26)14-25-7-3-2-4-8-25/h5-6,9,11-13H,2-4,7-8,10,14H2,1H3/i1D3. The van der Waals surface area contributed by atoms with E-state index in [1.807, 2.05) is 18.2 Å². The molecular formula is C20H23N5O. The normalized spacial score (nSPS) is 17.6. The lowest BCUT2D eigenvalue weighted by molar-refractivity contribution is -0.119. The Morgan fingerprint density at radius 2 is 2.08 bits per heavy atom. The van der Waals surface area contributed by atoms with Crippen LogP contribution in [-0.2, 0) is 18.2 Å². The van der Waals surface area contributed by atoms with Gasteiger partial charge < -0.3 is 0 Å². The van der Waals surface area contributed by atoms with Crippen molar-refractivity contribution in [1.29, 1.82) is 0 Å². The topological polar surface area (TPSA) is 63.9 Å². The van der Waals surface area contributed by atoms with Crippen LogP contribution >= 0.6 is 0 Å².